The number of thiocarbonyl (C=S) groups is 1. The van der Waals surface area contributed by atoms with Crippen molar-refractivity contribution < 1.29 is 4.79 Å². The van der Waals surface area contributed by atoms with Crippen LogP contribution in [0.15, 0.2) is 18.7 Å². The molecule has 0 aliphatic heterocycles. The van der Waals surface area contributed by atoms with Gasteiger partial charge in [-0.2, -0.15) is 0 Å². The zero-order chi connectivity index (χ0) is 13.7. The van der Waals surface area contributed by atoms with Crippen molar-refractivity contribution in [1.29, 1.82) is 0 Å². The second kappa shape index (κ2) is 6.06. The highest BCUT2D eigenvalue weighted by Gasteiger charge is 2.35. The molecule has 2 rings (SSSR count). The molecular weight excluding hydrogens is 260 g/mol. The summed E-state index contributed by atoms with van der Waals surface area (Å²) in [5.41, 5.74) is 5.76. The van der Waals surface area contributed by atoms with Gasteiger partial charge in [-0.15, -0.1) is 0 Å². The topological polar surface area (TPSA) is 80.9 Å². The summed E-state index contributed by atoms with van der Waals surface area (Å²) in [6, 6.07) is 0. The number of nitrogens with two attached hydrogens (primary N) is 1. The Kier molecular flexibility index (Phi) is 4.42. The lowest BCUT2D eigenvalue weighted by atomic mass is 9.89. The second-order valence-corrected chi connectivity index (χ2v) is 5.38. The zero-order valence-electron chi connectivity index (χ0n) is 10.8. The SMILES string of the molecule is NC(=S)C1(NC(=O)c2cncnc2)CCCCCC1. The van der Waals surface area contributed by atoms with E-state index in [2.05, 4.69) is 15.3 Å². The summed E-state index contributed by atoms with van der Waals surface area (Å²) >= 11 is 5.19. The molecular formula is C13H18N4OS. The van der Waals surface area contributed by atoms with Gasteiger partial charge in [0.15, 0.2) is 0 Å². The normalized spacial score (nSPS) is 18.3. The first-order valence-electron chi connectivity index (χ1n) is 6.51. The molecule has 19 heavy (non-hydrogen) atoms. The van der Waals surface area contributed by atoms with E-state index in [-0.39, 0.29) is 5.91 Å². The Hall–Kier alpha value is -1.56. The van der Waals surface area contributed by atoms with Gasteiger partial charge in [-0.1, -0.05) is 37.9 Å². The Labute approximate surface area is 118 Å². The van der Waals surface area contributed by atoms with Crippen LogP contribution in [0.3, 0.4) is 0 Å². The van der Waals surface area contributed by atoms with Gasteiger partial charge in [-0.25, -0.2) is 9.97 Å². The van der Waals surface area contributed by atoms with Gasteiger partial charge in [0, 0.05) is 12.4 Å². The molecule has 0 atom stereocenters. The summed E-state index contributed by atoms with van der Waals surface area (Å²) in [5, 5.41) is 3.00. The Balaban J connectivity index is 2.17. The van der Waals surface area contributed by atoms with E-state index in [1.54, 1.807) is 0 Å². The van der Waals surface area contributed by atoms with Gasteiger partial charge in [0.1, 0.15) is 6.33 Å². The van der Waals surface area contributed by atoms with Crippen molar-refractivity contribution >= 4 is 23.1 Å². The third kappa shape index (κ3) is 3.26. The number of rotatable bonds is 3. The number of carbonyl (C=O) groups is 1. The molecule has 5 nitrogen and oxygen atoms in total. The summed E-state index contributed by atoms with van der Waals surface area (Å²) in [6.07, 6.45) is 10.4. The minimum absolute atomic E-state index is 0.213. The van der Waals surface area contributed by atoms with E-state index in [9.17, 15) is 4.79 Å². The molecule has 0 bridgehead atoms. The van der Waals surface area contributed by atoms with Crippen LogP contribution >= 0.6 is 12.2 Å². The van der Waals surface area contributed by atoms with Crippen molar-refractivity contribution in [3.8, 4) is 0 Å². The van der Waals surface area contributed by atoms with Crippen LogP contribution in [0, 0.1) is 0 Å². The van der Waals surface area contributed by atoms with Crippen molar-refractivity contribution in [2.45, 2.75) is 44.1 Å². The Morgan fingerprint density at radius 2 is 1.79 bits per heavy atom. The molecule has 0 unspecified atom stereocenters. The predicted octanol–water partition coefficient (Wildman–Crippen LogP) is 1.59. The number of hydrogen-bond donors (Lipinski definition) is 2. The van der Waals surface area contributed by atoms with E-state index in [1.807, 2.05) is 0 Å². The highest BCUT2D eigenvalue weighted by Crippen LogP contribution is 2.27. The first-order valence-corrected chi connectivity index (χ1v) is 6.92. The highest BCUT2D eigenvalue weighted by atomic mass is 32.1. The average Bonchev–Trinajstić information content (AvgIpc) is 2.66. The van der Waals surface area contributed by atoms with Gasteiger partial charge in [0.05, 0.1) is 16.1 Å². The quantitative estimate of drug-likeness (QED) is 0.648. The smallest absolute Gasteiger partial charge is 0.255 e. The average molecular weight is 278 g/mol. The molecule has 1 saturated carbocycles. The molecule has 0 aromatic carbocycles. The van der Waals surface area contributed by atoms with Crippen molar-refractivity contribution in [2.75, 3.05) is 0 Å². The number of hydrogen-bond acceptors (Lipinski definition) is 4. The molecule has 1 aliphatic rings. The fourth-order valence-electron chi connectivity index (χ4n) is 2.47. The predicted molar refractivity (Wildman–Crippen MR) is 76.7 cm³/mol. The maximum atomic E-state index is 12.2. The fraction of sp³-hybridized carbons (Fsp3) is 0.538. The first-order chi connectivity index (χ1) is 9.14. The number of nitrogens with one attached hydrogen (secondary N) is 1. The fourth-order valence-corrected chi connectivity index (χ4v) is 2.73. The van der Waals surface area contributed by atoms with Gasteiger partial charge >= 0.3 is 0 Å². The van der Waals surface area contributed by atoms with E-state index < -0.39 is 5.54 Å². The third-order valence-electron chi connectivity index (χ3n) is 3.60. The van der Waals surface area contributed by atoms with E-state index >= 15 is 0 Å². The molecule has 0 spiro atoms. The first kappa shape index (κ1) is 13.9. The van der Waals surface area contributed by atoms with E-state index in [0.717, 1.165) is 38.5 Å². The maximum Gasteiger partial charge on any atom is 0.255 e. The van der Waals surface area contributed by atoms with Gasteiger partial charge in [-0.05, 0) is 12.8 Å². The van der Waals surface area contributed by atoms with Crippen LogP contribution in [0.2, 0.25) is 0 Å². The van der Waals surface area contributed by atoms with Crippen LogP contribution in [0.4, 0.5) is 0 Å². The van der Waals surface area contributed by atoms with Gasteiger partial charge < -0.3 is 11.1 Å². The van der Waals surface area contributed by atoms with Gasteiger partial charge in [0.2, 0.25) is 0 Å². The Bertz CT molecular complexity index is 455. The Morgan fingerprint density at radius 3 is 2.32 bits per heavy atom. The zero-order valence-corrected chi connectivity index (χ0v) is 11.6. The Morgan fingerprint density at radius 1 is 1.21 bits per heavy atom. The summed E-state index contributed by atoms with van der Waals surface area (Å²) < 4.78 is 0. The lowest BCUT2D eigenvalue weighted by molar-refractivity contribution is 0.0916. The molecule has 6 heteroatoms. The minimum Gasteiger partial charge on any atom is -0.391 e. The van der Waals surface area contributed by atoms with E-state index in [1.165, 1.54) is 18.7 Å². The molecule has 0 radical (unpaired) electrons. The van der Waals surface area contributed by atoms with Crippen molar-refractivity contribution in [1.82, 2.24) is 15.3 Å². The number of aromatic nitrogens is 2. The lowest BCUT2D eigenvalue weighted by Gasteiger charge is -2.32. The summed E-state index contributed by atoms with van der Waals surface area (Å²) in [6.45, 7) is 0. The molecule has 1 amide bonds. The number of amides is 1. The van der Waals surface area contributed by atoms with Crippen LogP contribution < -0.4 is 11.1 Å². The standard InChI is InChI=1S/C13H18N4OS/c14-12(19)13(5-3-1-2-4-6-13)17-11(18)10-7-15-9-16-8-10/h7-9H,1-6H2,(H2,14,19)(H,17,18). The number of carbonyl (C=O) groups excluding carboxylic acids is 1. The van der Waals surface area contributed by atoms with Gasteiger partial charge in [0.25, 0.3) is 5.91 Å². The lowest BCUT2D eigenvalue weighted by Crippen LogP contribution is -2.56. The maximum absolute atomic E-state index is 12.2. The summed E-state index contributed by atoms with van der Waals surface area (Å²) in [7, 11) is 0. The van der Waals surface area contributed by atoms with Crippen LogP contribution in [0.1, 0.15) is 48.9 Å². The highest BCUT2D eigenvalue weighted by molar-refractivity contribution is 7.80. The van der Waals surface area contributed by atoms with Crippen LogP contribution in [0.25, 0.3) is 0 Å². The van der Waals surface area contributed by atoms with Crippen LogP contribution in [-0.2, 0) is 0 Å². The second-order valence-electron chi connectivity index (χ2n) is 4.94. The molecule has 3 N–H and O–H groups in total. The molecule has 1 aromatic heterocycles. The molecule has 1 aromatic rings. The molecule has 102 valence electrons. The van der Waals surface area contributed by atoms with E-state index in [4.69, 9.17) is 18.0 Å². The van der Waals surface area contributed by atoms with Crippen LogP contribution in [-0.4, -0.2) is 26.4 Å². The minimum atomic E-state index is -0.557. The van der Waals surface area contributed by atoms with Gasteiger partial charge in [-0.3, -0.25) is 4.79 Å². The van der Waals surface area contributed by atoms with E-state index in [0.29, 0.717) is 10.6 Å². The van der Waals surface area contributed by atoms with Crippen LogP contribution in [0.5, 0.6) is 0 Å². The summed E-state index contributed by atoms with van der Waals surface area (Å²) in [5.74, 6) is -0.213. The summed E-state index contributed by atoms with van der Waals surface area (Å²) in [4.78, 5) is 20.3. The molecule has 0 saturated heterocycles. The van der Waals surface area contributed by atoms with Crippen molar-refractivity contribution in [3.05, 3.63) is 24.3 Å². The largest absolute Gasteiger partial charge is 0.391 e. The monoisotopic (exact) mass is 278 g/mol. The third-order valence-corrected chi connectivity index (χ3v) is 4.00. The molecule has 1 aliphatic carbocycles. The molecule has 1 heterocycles. The van der Waals surface area contributed by atoms with Crippen molar-refractivity contribution in [2.24, 2.45) is 5.73 Å². The molecule has 1 fully saturated rings. The number of nitrogens with zero attached hydrogens (tertiary/aromatic N) is 2. The van der Waals surface area contributed by atoms with Crippen molar-refractivity contribution in [3.63, 3.8) is 0 Å².